The molecule has 1 rings (SSSR count). The van der Waals surface area contributed by atoms with Gasteiger partial charge in [0.05, 0.1) is 5.92 Å². The van der Waals surface area contributed by atoms with Crippen LogP contribution >= 0.6 is 0 Å². The highest BCUT2D eigenvalue weighted by Crippen LogP contribution is 2.21. The van der Waals surface area contributed by atoms with Crippen molar-refractivity contribution in [3.63, 3.8) is 0 Å². The van der Waals surface area contributed by atoms with E-state index in [4.69, 9.17) is 0 Å². The van der Waals surface area contributed by atoms with Crippen molar-refractivity contribution < 1.29 is 9.18 Å². The highest BCUT2D eigenvalue weighted by atomic mass is 19.1. The number of allylic oxidation sites excluding steroid dienone is 2. The van der Waals surface area contributed by atoms with E-state index in [1.807, 2.05) is 0 Å². The number of carbonyl (C=O) groups is 1. The molecular formula is C7H9FO. The van der Waals surface area contributed by atoms with Gasteiger partial charge in [0.2, 0.25) is 0 Å². The van der Waals surface area contributed by atoms with Gasteiger partial charge in [0.25, 0.3) is 0 Å². The molecule has 0 aromatic rings. The maximum atomic E-state index is 12.5. The Morgan fingerprint density at radius 1 is 1.78 bits per heavy atom. The molecule has 0 bridgehead atoms. The lowest BCUT2D eigenvalue weighted by molar-refractivity contribution is -0.122. The van der Waals surface area contributed by atoms with E-state index in [1.165, 1.54) is 6.08 Å². The van der Waals surface area contributed by atoms with Crippen molar-refractivity contribution in [3.05, 3.63) is 11.9 Å². The minimum absolute atomic E-state index is 0.0231. The third-order valence-electron chi connectivity index (χ3n) is 1.63. The van der Waals surface area contributed by atoms with Crippen LogP contribution in [0.15, 0.2) is 11.9 Å². The highest BCUT2D eigenvalue weighted by Gasteiger charge is 2.20. The van der Waals surface area contributed by atoms with E-state index in [0.717, 1.165) is 0 Å². The first-order chi connectivity index (χ1) is 4.22. The average molecular weight is 128 g/mol. The molecule has 0 saturated carbocycles. The Bertz CT molecular complexity index is 160. The molecule has 1 aliphatic rings. The summed E-state index contributed by atoms with van der Waals surface area (Å²) in [6.07, 6.45) is 2.58. The molecule has 0 aliphatic heterocycles. The molecule has 0 heterocycles. The second-order valence-electron chi connectivity index (χ2n) is 2.32. The van der Waals surface area contributed by atoms with Crippen LogP contribution in [0.5, 0.6) is 0 Å². The van der Waals surface area contributed by atoms with Crippen LogP contribution in [0.25, 0.3) is 0 Å². The molecule has 0 N–H and O–H groups in total. The summed E-state index contributed by atoms with van der Waals surface area (Å²) in [5.74, 6) is -0.708. The summed E-state index contributed by atoms with van der Waals surface area (Å²) in [7, 11) is 0. The third kappa shape index (κ3) is 1.18. The van der Waals surface area contributed by atoms with Gasteiger partial charge in [-0.2, -0.15) is 0 Å². The zero-order valence-electron chi connectivity index (χ0n) is 5.36. The summed E-state index contributed by atoms with van der Waals surface area (Å²) in [5.41, 5.74) is 0. The van der Waals surface area contributed by atoms with Crippen molar-refractivity contribution in [2.75, 3.05) is 0 Å². The summed E-state index contributed by atoms with van der Waals surface area (Å²) in [6.45, 7) is 1.60. The van der Waals surface area contributed by atoms with Gasteiger partial charge in [-0.05, 0) is 13.3 Å². The number of Topliss-reactive ketones (excluding diaryl/α,β-unsaturated/α-hetero) is 1. The number of ketones is 1. The normalized spacial score (nSPS) is 28.0. The maximum absolute atomic E-state index is 12.5. The van der Waals surface area contributed by atoms with Gasteiger partial charge < -0.3 is 0 Å². The Kier molecular flexibility index (Phi) is 1.65. The average Bonchev–Trinajstić information content (AvgIpc) is 1.83. The standard InChI is InChI=1S/C7H9FO/c1-5-6(8)3-2-4-7(5)9/h3,5H,2,4H2,1H3. The smallest absolute Gasteiger partial charge is 0.142 e. The first-order valence-electron chi connectivity index (χ1n) is 3.10. The van der Waals surface area contributed by atoms with Crippen LogP contribution in [0.3, 0.4) is 0 Å². The van der Waals surface area contributed by atoms with Gasteiger partial charge in [-0.15, -0.1) is 0 Å². The van der Waals surface area contributed by atoms with Gasteiger partial charge in [0, 0.05) is 6.42 Å². The Hall–Kier alpha value is -0.660. The van der Waals surface area contributed by atoms with Crippen LogP contribution in [0.2, 0.25) is 0 Å². The lowest BCUT2D eigenvalue weighted by Crippen LogP contribution is -2.14. The minimum atomic E-state index is -0.473. The quantitative estimate of drug-likeness (QED) is 0.486. The van der Waals surface area contributed by atoms with Crippen LogP contribution in [-0.2, 0) is 4.79 Å². The molecule has 0 fully saturated rings. The molecule has 0 saturated heterocycles. The van der Waals surface area contributed by atoms with Crippen molar-refractivity contribution in [1.29, 1.82) is 0 Å². The van der Waals surface area contributed by atoms with Gasteiger partial charge in [-0.1, -0.05) is 6.08 Å². The number of halogens is 1. The van der Waals surface area contributed by atoms with E-state index >= 15 is 0 Å². The second kappa shape index (κ2) is 2.29. The summed E-state index contributed by atoms with van der Waals surface area (Å²) < 4.78 is 12.5. The first kappa shape index (κ1) is 6.46. The Morgan fingerprint density at radius 3 is 2.89 bits per heavy atom. The van der Waals surface area contributed by atoms with E-state index in [-0.39, 0.29) is 11.6 Å². The van der Waals surface area contributed by atoms with Crippen LogP contribution in [-0.4, -0.2) is 5.78 Å². The molecule has 1 nitrogen and oxygen atoms in total. The highest BCUT2D eigenvalue weighted by molar-refractivity contribution is 5.84. The maximum Gasteiger partial charge on any atom is 0.142 e. The molecule has 2 heteroatoms. The minimum Gasteiger partial charge on any atom is -0.299 e. The fourth-order valence-electron chi connectivity index (χ4n) is 0.899. The number of rotatable bonds is 0. The molecule has 1 unspecified atom stereocenters. The van der Waals surface area contributed by atoms with Crippen molar-refractivity contribution in [2.45, 2.75) is 19.8 Å². The van der Waals surface area contributed by atoms with Crippen molar-refractivity contribution >= 4 is 5.78 Å². The molecule has 0 amide bonds. The molecule has 0 radical (unpaired) electrons. The van der Waals surface area contributed by atoms with E-state index in [1.54, 1.807) is 6.92 Å². The van der Waals surface area contributed by atoms with Crippen molar-refractivity contribution in [3.8, 4) is 0 Å². The number of hydrogen-bond acceptors (Lipinski definition) is 1. The lowest BCUT2D eigenvalue weighted by atomic mass is 9.95. The van der Waals surface area contributed by atoms with Gasteiger partial charge in [-0.3, -0.25) is 4.79 Å². The molecule has 0 aromatic heterocycles. The lowest BCUT2D eigenvalue weighted by Gasteiger charge is -2.11. The molecule has 0 aromatic carbocycles. The molecule has 1 aliphatic carbocycles. The fourth-order valence-corrected chi connectivity index (χ4v) is 0.899. The fraction of sp³-hybridized carbons (Fsp3) is 0.571. The summed E-state index contributed by atoms with van der Waals surface area (Å²) >= 11 is 0. The summed E-state index contributed by atoms with van der Waals surface area (Å²) in [4.78, 5) is 10.7. The third-order valence-corrected chi connectivity index (χ3v) is 1.63. The van der Waals surface area contributed by atoms with Crippen molar-refractivity contribution in [2.24, 2.45) is 5.92 Å². The first-order valence-corrected chi connectivity index (χ1v) is 3.10. The number of carbonyl (C=O) groups excluding carboxylic acids is 1. The molecule has 0 spiro atoms. The van der Waals surface area contributed by atoms with Gasteiger partial charge in [0.15, 0.2) is 0 Å². The molecular weight excluding hydrogens is 119 g/mol. The van der Waals surface area contributed by atoms with Crippen LogP contribution in [0, 0.1) is 5.92 Å². The van der Waals surface area contributed by atoms with E-state index in [2.05, 4.69) is 0 Å². The van der Waals surface area contributed by atoms with Gasteiger partial charge in [-0.25, -0.2) is 4.39 Å². The molecule has 1 atom stereocenters. The predicted molar refractivity (Wildman–Crippen MR) is 32.6 cm³/mol. The van der Waals surface area contributed by atoms with E-state index in [9.17, 15) is 9.18 Å². The van der Waals surface area contributed by atoms with Gasteiger partial charge in [0.1, 0.15) is 11.6 Å². The Balaban J connectivity index is 2.74. The van der Waals surface area contributed by atoms with E-state index in [0.29, 0.717) is 12.8 Å². The zero-order chi connectivity index (χ0) is 6.85. The second-order valence-corrected chi connectivity index (χ2v) is 2.32. The summed E-state index contributed by atoms with van der Waals surface area (Å²) in [6, 6.07) is 0. The molecule has 9 heavy (non-hydrogen) atoms. The van der Waals surface area contributed by atoms with Crippen LogP contribution in [0.1, 0.15) is 19.8 Å². The summed E-state index contributed by atoms with van der Waals surface area (Å²) in [5, 5.41) is 0. The zero-order valence-corrected chi connectivity index (χ0v) is 5.36. The van der Waals surface area contributed by atoms with Crippen LogP contribution in [0.4, 0.5) is 4.39 Å². The largest absolute Gasteiger partial charge is 0.299 e. The van der Waals surface area contributed by atoms with E-state index < -0.39 is 5.92 Å². The molecule has 50 valence electrons. The monoisotopic (exact) mass is 128 g/mol. The predicted octanol–water partition coefficient (Wildman–Crippen LogP) is 1.84. The van der Waals surface area contributed by atoms with Crippen molar-refractivity contribution in [1.82, 2.24) is 0 Å². The SMILES string of the molecule is CC1C(=O)CCC=C1F. The topological polar surface area (TPSA) is 17.1 Å². The van der Waals surface area contributed by atoms with Crippen LogP contribution < -0.4 is 0 Å². The Labute approximate surface area is 53.6 Å². The van der Waals surface area contributed by atoms with Gasteiger partial charge >= 0.3 is 0 Å². The Morgan fingerprint density at radius 2 is 2.44 bits per heavy atom. The number of hydrogen-bond donors (Lipinski definition) is 0.